The number of aromatic hydroxyl groups is 3. The van der Waals surface area contributed by atoms with E-state index >= 15 is 0 Å². The zero-order valence-corrected chi connectivity index (χ0v) is 26.2. The first-order chi connectivity index (χ1) is 23.0. The van der Waals surface area contributed by atoms with Crippen LogP contribution in [0.1, 0.15) is 30.5 Å². The summed E-state index contributed by atoms with van der Waals surface area (Å²) in [5.74, 6) is -2.33. The lowest BCUT2D eigenvalue weighted by Crippen LogP contribution is -2.18. The van der Waals surface area contributed by atoms with Gasteiger partial charge in [0.1, 0.15) is 38.2 Å². The zero-order valence-electron chi connectivity index (χ0n) is 26.2. The molecule has 5 aromatic carbocycles. The van der Waals surface area contributed by atoms with E-state index in [1.165, 1.54) is 13.0 Å². The Morgan fingerprint density at radius 2 is 1.31 bits per heavy atom. The van der Waals surface area contributed by atoms with Gasteiger partial charge in [-0.3, -0.25) is 0 Å². The Labute approximate surface area is 278 Å². The number of furan rings is 1. The van der Waals surface area contributed by atoms with Crippen LogP contribution in [-0.2, 0) is 0 Å². The number of fused-ring (bicyclic) bond motifs is 3. The van der Waals surface area contributed by atoms with Crippen LogP contribution in [0, 0.1) is 0 Å². The molecule has 0 saturated carbocycles. The van der Waals surface area contributed by atoms with E-state index in [1.807, 2.05) is 78.9 Å². The molecule has 0 spiro atoms. The fourth-order valence-electron chi connectivity index (χ4n) is 6.23. The van der Waals surface area contributed by atoms with Crippen molar-refractivity contribution < 1.29 is 35.1 Å². The summed E-state index contributed by atoms with van der Waals surface area (Å²) in [5, 5.41) is 68.4. The minimum absolute atomic E-state index is 0.109. The summed E-state index contributed by atoms with van der Waals surface area (Å²) in [6.07, 6.45) is 1.89. The average molecular weight is 632 g/mol. The van der Waals surface area contributed by atoms with Crippen molar-refractivity contribution in [3.8, 4) is 17.2 Å². The first-order valence-electron chi connectivity index (χ1n) is 15.0. The Hall–Kier alpha value is -5.79. The van der Waals surface area contributed by atoms with E-state index in [-0.39, 0.29) is 27.8 Å². The lowest BCUT2D eigenvalue weighted by Gasteiger charge is -2.22. The van der Waals surface area contributed by atoms with Gasteiger partial charge in [-0.25, -0.2) is 0 Å². The number of allylic oxidation sites excluding steroid dienone is 4. The quantitative estimate of drug-likeness (QED) is 0.0264. The molecule has 9 heteroatoms. The number of benzene rings is 5. The van der Waals surface area contributed by atoms with E-state index in [0.717, 1.165) is 5.39 Å². The molecule has 0 atom stereocenters. The summed E-state index contributed by atoms with van der Waals surface area (Å²) in [5.41, 5.74) is 2.88. The number of phenols is 3. The van der Waals surface area contributed by atoms with Crippen LogP contribution in [0.15, 0.2) is 100 Å². The van der Waals surface area contributed by atoms with E-state index in [1.54, 1.807) is 6.92 Å². The molecule has 0 unspecified atom stereocenters. The maximum Gasteiger partial charge on any atom is 0.164 e. The molecule has 0 amide bonds. The molecule has 6 aromatic rings. The topological polar surface area (TPSA) is 135 Å². The summed E-state index contributed by atoms with van der Waals surface area (Å²) in [7, 11) is 11.9. The molecule has 6 N–H and O–H groups in total. The van der Waals surface area contributed by atoms with Crippen molar-refractivity contribution in [2.24, 2.45) is 0 Å². The molecule has 1 aromatic heterocycles. The number of phenolic OH excluding ortho intramolecular Hbond substituents is 3. The highest BCUT2D eigenvalue weighted by Crippen LogP contribution is 2.45. The smallest absolute Gasteiger partial charge is 0.164 e. The van der Waals surface area contributed by atoms with Gasteiger partial charge in [-0.2, -0.15) is 0 Å². The summed E-state index contributed by atoms with van der Waals surface area (Å²) in [6.45, 7) is 6.65. The molecule has 0 fully saturated rings. The van der Waals surface area contributed by atoms with Gasteiger partial charge >= 0.3 is 0 Å². The molecule has 6 rings (SSSR count). The van der Waals surface area contributed by atoms with Gasteiger partial charge in [0, 0.05) is 21.7 Å². The van der Waals surface area contributed by atoms with Gasteiger partial charge in [0.15, 0.2) is 11.5 Å². The zero-order chi connectivity index (χ0) is 34.4. The second-order valence-corrected chi connectivity index (χ2v) is 11.5. The highest BCUT2D eigenvalue weighted by atomic mass is 16.3. The van der Waals surface area contributed by atoms with E-state index < -0.39 is 29.6 Å². The fraction of sp³-hybridized carbons (Fsp3) is 0.0769. The minimum atomic E-state index is -0.654. The molecule has 0 aliphatic carbocycles. The van der Waals surface area contributed by atoms with Crippen LogP contribution in [0.2, 0.25) is 0 Å². The Bertz CT molecular complexity index is 2440. The Morgan fingerprint density at radius 1 is 0.792 bits per heavy atom. The van der Waals surface area contributed by atoms with Gasteiger partial charge in [-0.15, -0.1) is 0 Å². The number of hydrogen-bond acceptors (Lipinski definition) is 7. The third-order valence-electron chi connectivity index (χ3n) is 8.69. The van der Waals surface area contributed by atoms with Crippen molar-refractivity contribution in [1.82, 2.24) is 0 Å². The van der Waals surface area contributed by atoms with Crippen molar-refractivity contribution in [3.63, 3.8) is 0 Å². The van der Waals surface area contributed by atoms with Crippen molar-refractivity contribution in [2.75, 3.05) is 6.61 Å². The van der Waals surface area contributed by atoms with Crippen LogP contribution >= 0.6 is 0 Å². The van der Waals surface area contributed by atoms with Gasteiger partial charge in [-0.05, 0) is 86.8 Å². The highest BCUT2D eigenvalue weighted by Gasteiger charge is 2.24. The third-order valence-corrected chi connectivity index (χ3v) is 8.69. The Balaban J connectivity index is 1.87. The fourth-order valence-corrected chi connectivity index (χ4v) is 6.23. The number of aliphatic hydroxyl groups excluding tert-OH is 3. The first kappa shape index (κ1) is 32.2. The molecular formula is C39H30B2O7. The van der Waals surface area contributed by atoms with Crippen LogP contribution < -0.4 is 16.1 Å². The standard InChI is InChI=1S/C39H30B2O7/c1-19(28-17-31(44)36(41)39(47)38(28)46)27(16-29-21(3)48-32-15-9-8-10-22(29)32)33-23-11-4-6-13-25(23)34(26-14-7-5-12-24(26)33)30(18-42)37(45)35(40)20(2)43/h4-17,42-47H,3,18H2,1-2H3/b27-19-,29-16+,35-20-,37-30-. The van der Waals surface area contributed by atoms with Crippen molar-refractivity contribution in [1.29, 1.82) is 0 Å². The Kier molecular flexibility index (Phi) is 8.33. The summed E-state index contributed by atoms with van der Waals surface area (Å²) in [4.78, 5) is 0. The van der Waals surface area contributed by atoms with Crippen LogP contribution in [0.4, 0.5) is 0 Å². The van der Waals surface area contributed by atoms with E-state index in [9.17, 15) is 30.6 Å². The predicted molar refractivity (Wildman–Crippen MR) is 194 cm³/mol. The van der Waals surface area contributed by atoms with Crippen LogP contribution in [0.3, 0.4) is 0 Å². The molecule has 1 heterocycles. The van der Waals surface area contributed by atoms with Crippen molar-refractivity contribution >= 4 is 83.0 Å². The van der Waals surface area contributed by atoms with Gasteiger partial charge in [0.25, 0.3) is 0 Å². The Morgan fingerprint density at radius 3 is 1.85 bits per heavy atom. The maximum absolute atomic E-state index is 11.2. The number of rotatable bonds is 6. The molecular weight excluding hydrogens is 602 g/mol. The van der Waals surface area contributed by atoms with E-state index in [0.29, 0.717) is 60.0 Å². The molecule has 0 aliphatic rings. The highest BCUT2D eigenvalue weighted by molar-refractivity contribution is 6.36. The lowest BCUT2D eigenvalue weighted by molar-refractivity contribution is 0.340. The van der Waals surface area contributed by atoms with Gasteiger partial charge < -0.3 is 35.1 Å². The molecule has 0 bridgehead atoms. The normalized spacial score (nSPS) is 13.9. The van der Waals surface area contributed by atoms with Gasteiger partial charge in [0.05, 0.1) is 12.4 Å². The monoisotopic (exact) mass is 632 g/mol. The van der Waals surface area contributed by atoms with Crippen molar-refractivity contribution in [3.05, 3.63) is 123 Å². The number of aliphatic hydroxyl groups is 3. The van der Waals surface area contributed by atoms with Crippen molar-refractivity contribution in [2.45, 2.75) is 13.8 Å². The third kappa shape index (κ3) is 5.18. The van der Waals surface area contributed by atoms with E-state index in [4.69, 9.17) is 20.1 Å². The first-order valence-corrected chi connectivity index (χ1v) is 15.0. The summed E-state index contributed by atoms with van der Waals surface area (Å²) < 4.78 is 6.00. The van der Waals surface area contributed by atoms with Crippen LogP contribution in [-0.4, -0.2) is 52.9 Å². The van der Waals surface area contributed by atoms with Gasteiger partial charge in [0.2, 0.25) is 0 Å². The number of para-hydroxylation sites is 1. The molecule has 7 nitrogen and oxygen atoms in total. The SMILES string of the molecule is [B]C(=C(/C)O)/C(O)=C(\CO)c1c2ccccc2c(C(/C=c2\c(=C)oc3ccccc23)=C(/C)c2cc(O)c([B])c(O)c2O)c2ccccc12. The number of hydrogen-bond donors (Lipinski definition) is 6. The molecule has 48 heavy (non-hydrogen) atoms. The van der Waals surface area contributed by atoms with Crippen LogP contribution in [0.25, 0.3) is 61.9 Å². The minimum Gasteiger partial charge on any atom is -0.513 e. The predicted octanol–water partition coefficient (Wildman–Crippen LogP) is 5.69. The summed E-state index contributed by atoms with van der Waals surface area (Å²) >= 11 is 0. The molecule has 0 saturated heterocycles. The summed E-state index contributed by atoms with van der Waals surface area (Å²) in [6, 6.07) is 23.6. The lowest BCUT2D eigenvalue weighted by atomic mass is 9.81. The van der Waals surface area contributed by atoms with E-state index in [2.05, 4.69) is 6.58 Å². The maximum atomic E-state index is 11.2. The van der Waals surface area contributed by atoms with Crippen LogP contribution in [0.5, 0.6) is 17.2 Å². The molecule has 0 aliphatic heterocycles. The largest absolute Gasteiger partial charge is 0.513 e. The molecule has 234 valence electrons. The average Bonchev–Trinajstić information content (AvgIpc) is 3.41. The second-order valence-electron chi connectivity index (χ2n) is 11.5. The second kappa shape index (κ2) is 12.4. The molecule has 4 radical (unpaired) electrons. The van der Waals surface area contributed by atoms with Gasteiger partial charge in [-0.1, -0.05) is 73.3 Å².